The number of hydrogen-bond acceptors (Lipinski definition) is 6. The maximum atomic E-state index is 12.0. The van der Waals surface area contributed by atoms with Crippen LogP contribution in [0, 0.1) is 0 Å². The molecule has 0 unspecified atom stereocenters. The predicted molar refractivity (Wildman–Crippen MR) is 148 cm³/mol. The van der Waals surface area contributed by atoms with Crippen LogP contribution in [0.5, 0.6) is 0 Å². The van der Waals surface area contributed by atoms with E-state index >= 15 is 0 Å². The van der Waals surface area contributed by atoms with Gasteiger partial charge in [0, 0.05) is 66.3 Å². The number of rotatable bonds is 6. The number of pyridine rings is 2. The van der Waals surface area contributed by atoms with Gasteiger partial charge in [-0.1, -0.05) is 13.0 Å². The minimum atomic E-state index is -0.0169. The van der Waals surface area contributed by atoms with Crippen LogP contribution in [-0.2, 0) is 4.79 Å². The van der Waals surface area contributed by atoms with Crippen LogP contribution < -0.4 is 10.2 Å². The smallest absolute Gasteiger partial charge is 0.224 e. The fourth-order valence-electron chi connectivity index (χ4n) is 4.97. The molecule has 5 aromatic rings. The molecule has 1 aliphatic rings. The second kappa shape index (κ2) is 9.67. The van der Waals surface area contributed by atoms with Gasteiger partial charge in [-0.05, 0) is 43.8 Å². The lowest BCUT2D eigenvalue weighted by atomic mass is 10.1. The lowest BCUT2D eigenvalue weighted by Gasteiger charge is -2.34. The van der Waals surface area contributed by atoms with E-state index in [9.17, 15) is 4.79 Å². The SMILES string of the molecule is CCCC(=O)Nc1cncc(-c2cc3c(-c4cc5c(N6CCN(C)CC6)cccc5[nH]4)n[nH]c3cn2)c1. The largest absolute Gasteiger partial charge is 0.368 e. The highest BCUT2D eigenvalue weighted by Crippen LogP contribution is 2.34. The topological polar surface area (TPSA) is 106 Å². The van der Waals surface area contributed by atoms with Crippen molar-refractivity contribution in [2.75, 3.05) is 43.4 Å². The van der Waals surface area contributed by atoms with Gasteiger partial charge in [0.2, 0.25) is 5.91 Å². The maximum Gasteiger partial charge on any atom is 0.224 e. The van der Waals surface area contributed by atoms with E-state index in [2.05, 4.69) is 71.6 Å². The van der Waals surface area contributed by atoms with Gasteiger partial charge in [0.1, 0.15) is 5.69 Å². The molecule has 6 rings (SSSR count). The van der Waals surface area contributed by atoms with Crippen molar-refractivity contribution in [2.45, 2.75) is 19.8 Å². The zero-order valence-electron chi connectivity index (χ0n) is 21.1. The van der Waals surface area contributed by atoms with Crippen LogP contribution in [0.3, 0.4) is 0 Å². The summed E-state index contributed by atoms with van der Waals surface area (Å²) in [5.41, 5.74) is 7.27. The lowest BCUT2D eigenvalue weighted by Crippen LogP contribution is -2.44. The third-order valence-corrected chi connectivity index (χ3v) is 6.98. The Morgan fingerprint density at radius 1 is 1.03 bits per heavy atom. The van der Waals surface area contributed by atoms with E-state index in [0.717, 1.165) is 71.7 Å². The summed E-state index contributed by atoms with van der Waals surface area (Å²) in [7, 11) is 2.17. The van der Waals surface area contributed by atoms with Crippen molar-refractivity contribution in [3.05, 3.63) is 55.0 Å². The van der Waals surface area contributed by atoms with E-state index < -0.39 is 0 Å². The Morgan fingerprint density at radius 3 is 2.73 bits per heavy atom. The third kappa shape index (κ3) is 4.53. The molecule has 1 fully saturated rings. The first-order valence-corrected chi connectivity index (χ1v) is 12.7. The Balaban J connectivity index is 1.35. The predicted octanol–water partition coefficient (Wildman–Crippen LogP) is 4.66. The number of aromatic nitrogens is 5. The summed E-state index contributed by atoms with van der Waals surface area (Å²) >= 11 is 0. The van der Waals surface area contributed by atoms with Crippen LogP contribution >= 0.6 is 0 Å². The number of H-pyrrole nitrogens is 2. The number of likely N-dealkylation sites (N-methyl/N-ethyl adjacent to an activating group) is 1. The van der Waals surface area contributed by atoms with Crippen molar-refractivity contribution in [3.8, 4) is 22.6 Å². The fourth-order valence-corrected chi connectivity index (χ4v) is 4.97. The van der Waals surface area contributed by atoms with Crippen LogP contribution in [0.1, 0.15) is 19.8 Å². The number of carbonyl (C=O) groups is 1. The molecule has 1 amide bonds. The monoisotopic (exact) mass is 494 g/mol. The molecule has 9 nitrogen and oxygen atoms in total. The molecule has 1 aromatic carbocycles. The van der Waals surface area contributed by atoms with Crippen LogP contribution in [0.4, 0.5) is 11.4 Å². The Labute approximate surface area is 214 Å². The van der Waals surface area contributed by atoms with Crippen LogP contribution in [0.25, 0.3) is 44.5 Å². The summed E-state index contributed by atoms with van der Waals surface area (Å²) < 4.78 is 0. The van der Waals surface area contributed by atoms with E-state index in [1.165, 1.54) is 11.1 Å². The van der Waals surface area contributed by atoms with Gasteiger partial charge in [0.05, 0.1) is 35.0 Å². The number of benzene rings is 1. The molecule has 5 heterocycles. The van der Waals surface area contributed by atoms with Gasteiger partial charge >= 0.3 is 0 Å². The molecule has 0 spiro atoms. The van der Waals surface area contributed by atoms with E-state index in [-0.39, 0.29) is 5.91 Å². The number of hydrogen-bond donors (Lipinski definition) is 3. The molecule has 3 N–H and O–H groups in total. The molecule has 1 saturated heterocycles. The molecule has 188 valence electrons. The highest BCUT2D eigenvalue weighted by Gasteiger charge is 2.19. The van der Waals surface area contributed by atoms with Gasteiger partial charge in [0.15, 0.2) is 0 Å². The normalized spacial score (nSPS) is 14.5. The minimum Gasteiger partial charge on any atom is -0.368 e. The second-order valence-electron chi connectivity index (χ2n) is 9.66. The molecular weight excluding hydrogens is 464 g/mol. The number of carbonyl (C=O) groups excluding carboxylic acids is 1. The van der Waals surface area contributed by atoms with Gasteiger partial charge < -0.3 is 20.1 Å². The molecule has 9 heteroatoms. The van der Waals surface area contributed by atoms with Gasteiger partial charge in [0.25, 0.3) is 0 Å². The highest BCUT2D eigenvalue weighted by atomic mass is 16.1. The van der Waals surface area contributed by atoms with Gasteiger partial charge in [-0.15, -0.1) is 0 Å². The zero-order valence-corrected chi connectivity index (χ0v) is 21.1. The Morgan fingerprint density at radius 2 is 1.89 bits per heavy atom. The lowest BCUT2D eigenvalue weighted by molar-refractivity contribution is -0.116. The molecule has 0 aliphatic carbocycles. The molecule has 0 saturated carbocycles. The van der Waals surface area contributed by atoms with Crippen LogP contribution in [-0.4, -0.2) is 69.2 Å². The number of amides is 1. The van der Waals surface area contributed by atoms with Gasteiger partial charge in [-0.2, -0.15) is 5.10 Å². The number of anilines is 2. The van der Waals surface area contributed by atoms with Gasteiger partial charge in [-0.25, -0.2) is 0 Å². The summed E-state index contributed by atoms with van der Waals surface area (Å²) in [6, 6.07) is 12.6. The number of aromatic amines is 2. The van der Waals surface area contributed by atoms with Crippen molar-refractivity contribution < 1.29 is 4.79 Å². The second-order valence-corrected chi connectivity index (χ2v) is 9.66. The number of nitrogens with zero attached hydrogens (tertiary/aromatic N) is 5. The van der Waals surface area contributed by atoms with Crippen molar-refractivity contribution in [2.24, 2.45) is 0 Å². The Bertz CT molecular complexity index is 1580. The maximum absolute atomic E-state index is 12.0. The van der Waals surface area contributed by atoms with E-state index in [0.29, 0.717) is 12.1 Å². The van der Waals surface area contributed by atoms with Crippen molar-refractivity contribution in [1.29, 1.82) is 0 Å². The Kier molecular flexibility index (Phi) is 6.05. The molecule has 0 radical (unpaired) electrons. The van der Waals surface area contributed by atoms with E-state index in [4.69, 9.17) is 0 Å². The first-order valence-electron chi connectivity index (χ1n) is 12.7. The number of fused-ring (bicyclic) bond motifs is 2. The standard InChI is InChI=1S/C28H30N8O/c1-3-5-27(37)31-19-12-18(15-29-16-19)23-14-21-25(17-30-23)33-34-28(21)24-13-20-22(32-24)6-4-7-26(20)36-10-8-35(2)9-11-36/h4,6-7,12-17,32H,3,5,8-11H2,1-2H3,(H,31,37)(H,33,34). The van der Waals surface area contributed by atoms with Gasteiger partial charge in [-0.3, -0.25) is 19.9 Å². The first-order chi connectivity index (χ1) is 18.1. The van der Waals surface area contributed by atoms with Crippen molar-refractivity contribution in [1.82, 2.24) is 30.0 Å². The summed E-state index contributed by atoms with van der Waals surface area (Å²) in [6.07, 6.45) is 6.48. The van der Waals surface area contributed by atoms with Crippen molar-refractivity contribution in [3.63, 3.8) is 0 Å². The highest BCUT2D eigenvalue weighted by molar-refractivity contribution is 6.00. The average molecular weight is 495 g/mol. The van der Waals surface area contributed by atoms with E-state index in [1.54, 1.807) is 18.6 Å². The third-order valence-electron chi connectivity index (χ3n) is 6.98. The van der Waals surface area contributed by atoms with E-state index in [1.807, 2.05) is 19.1 Å². The first kappa shape index (κ1) is 23.2. The summed E-state index contributed by atoms with van der Waals surface area (Å²) in [5, 5.41) is 12.8. The fraction of sp³-hybridized carbons (Fsp3) is 0.286. The molecule has 0 atom stereocenters. The van der Waals surface area contributed by atoms with Crippen LogP contribution in [0.15, 0.2) is 55.0 Å². The molecule has 4 aromatic heterocycles. The molecule has 37 heavy (non-hydrogen) atoms. The van der Waals surface area contributed by atoms with Crippen LogP contribution in [0.2, 0.25) is 0 Å². The minimum absolute atomic E-state index is 0.0169. The summed E-state index contributed by atoms with van der Waals surface area (Å²) in [5.74, 6) is -0.0169. The Hall–Kier alpha value is -4.24. The number of piperazine rings is 1. The molecule has 1 aliphatic heterocycles. The zero-order chi connectivity index (χ0) is 25.4. The van der Waals surface area contributed by atoms with Crippen molar-refractivity contribution >= 4 is 39.1 Å². The molecule has 0 bridgehead atoms. The molecular formula is C28H30N8O. The quantitative estimate of drug-likeness (QED) is 0.317. The summed E-state index contributed by atoms with van der Waals surface area (Å²) in [6.45, 7) is 6.14. The average Bonchev–Trinajstić information content (AvgIpc) is 3.53. The number of nitrogens with one attached hydrogen (secondary N) is 3. The summed E-state index contributed by atoms with van der Waals surface area (Å²) in [4.78, 5) is 29.4.